The van der Waals surface area contributed by atoms with E-state index in [-0.39, 0.29) is 29.9 Å². The van der Waals surface area contributed by atoms with Crippen LogP contribution in [0.3, 0.4) is 0 Å². The Morgan fingerprint density at radius 3 is 2.30 bits per heavy atom. The van der Waals surface area contributed by atoms with Crippen LogP contribution in [0.2, 0.25) is 0 Å². The first-order valence-electron chi connectivity index (χ1n) is 8.81. The van der Waals surface area contributed by atoms with E-state index in [0.717, 1.165) is 10.6 Å². The van der Waals surface area contributed by atoms with Crippen molar-refractivity contribution in [3.63, 3.8) is 0 Å². The maximum absolute atomic E-state index is 13.1. The molecule has 9 heteroatoms. The number of aliphatic carboxylic acids is 1. The van der Waals surface area contributed by atoms with Crippen LogP contribution in [0.4, 0.5) is 5.69 Å². The molecule has 0 spiro atoms. The molecule has 0 aromatic heterocycles. The number of hydrogen-bond acceptors (Lipinski definition) is 6. The highest BCUT2D eigenvalue weighted by Crippen LogP contribution is 2.47. The largest absolute Gasteiger partial charge is 0.481 e. The average molecular weight is 408 g/mol. The first-order chi connectivity index (χ1) is 12.9. The fourth-order valence-corrected chi connectivity index (χ4v) is 5.32. The topological polar surface area (TPSA) is 81.2 Å². The molecule has 1 aromatic rings. The SMILES string of the molecule is CCN1C(=O)C([C@@H]2Sc3ccccc3N2CCC(=O)O)C(=O)N(CC)C1=S. The Labute approximate surface area is 167 Å². The smallest absolute Gasteiger partial charge is 0.305 e. The zero-order valence-electron chi connectivity index (χ0n) is 15.1. The Morgan fingerprint density at radius 1 is 1.15 bits per heavy atom. The third kappa shape index (κ3) is 3.41. The highest BCUT2D eigenvalue weighted by Gasteiger charge is 2.50. The van der Waals surface area contributed by atoms with Crippen molar-refractivity contribution in [2.45, 2.75) is 30.5 Å². The predicted molar refractivity (Wildman–Crippen MR) is 107 cm³/mol. The summed E-state index contributed by atoms with van der Waals surface area (Å²) < 4.78 is 0. The lowest BCUT2D eigenvalue weighted by Gasteiger charge is -2.42. The number of nitrogens with zero attached hydrogens (tertiary/aromatic N) is 3. The minimum Gasteiger partial charge on any atom is -0.481 e. The second kappa shape index (κ2) is 7.85. The Bertz CT molecular complexity index is 775. The van der Waals surface area contributed by atoms with Gasteiger partial charge in [0, 0.05) is 24.5 Å². The maximum Gasteiger partial charge on any atom is 0.305 e. The van der Waals surface area contributed by atoms with Crippen LogP contribution in [0.1, 0.15) is 20.3 Å². The molecule has 1 fully saturated rings. The average Bonchev–Trinajstić information content (AvgIpc) is 2.98. The molecule has 7 nitrogen and oxygen atoms in total. The molecule has 1 aromatic carbocycles. The molecule has 2 aliphatic rings. The van der Waals surface area contributed by atoms with Crippen LogP contribution < -0.4 is 4.90 Å². The fourth-order valence-electron chi connectivity index (χ4n) is 3.44. The van der Waals surface area contributed by atoms with Gasteiger partial charge in [-0.15, -0.1) is 0 Å². The fraction of sp³-hybridized carbons (Fsp3) is 0.444. The van der Waals surface area contributed by atoms with E-state index >= 15 is 0 Å². The van der Waals surface area contributed by atoms with E-state index in [9.17, 15) is 14.4 Å². The van der Waals surface area contributed by atoms with Gasteiger partial charge in [0.1, 0.15) is 11.3 Å². The van der Waals surface area contributed by atoms with Crippen molar-refractivity contribution in [1.82, 2.24) is 9.80 Å². The molecule has 3 rings (SSSR count). The minimum absolute atomic E-state index is 0.0755. The number of carbonyl (C=O) groups is 3. The van der Waals surface area contributed by atoms with Gasteiger partial charge in [-0.05, 0) is 38.2 Å². The van der Waals surface area contributed by atoms with Gasteiger partial charge in [0.2, 0.25) is 11.8 Å². The molecular formula is C18H21N3O4S2. The van der Waals surface area contributed by atoms with Gasteiger partial charge in [-0.2, -0.15) is 0 Å². The number of hydrogen-bond donors (Lipinski definition) is 1. The summed E-state index contributed by atoms with van der Waals surface area (Å²) in [5.41, 5.74) is 0.855. The van der Waals surface area contributed by atoms with Gasteiger partial charge in [0.25, 0.3) is 0 Å². The summed E-state index contributed by atoms with van der Waals surface area (Å²) in [6.45, 7) is 4.64. The molecule has 0 aliphatic carbocycles. The lowest BCUT2D eigenvalue weighted by atomic mass is 10.0. The van der Waals surface area contributed by atoms with Crippen LogP contribution in [-0.4, -0.2) is 62.8 Å². The number of carbonyl (C=O) groups excluding carboxylic acids is 2. The summed E-state index contributed by atoms with van der Waals surface area (Å²) in [5, 5.41) is 8.86. The molecular weight excluding hydrogens is 386 g/mol. The lowest BCUT2D eigenvalue weighted by Crippen LogP contribution is -2.63. The van der Waals surface area contributed by atoms with Crippen LogP contribution >= 0.6 is 24.0 Å². The number of rotatable bonds is 6. The Balaban J connectivity index is 1.99. The summed E-state index contributed by atoms with van der Waals surface area (Å²) in [6, 6.07) is 7.57. The molecule has 0 radical (unpaired) electrons. The monoisotopic (exact) mass is 407 g/mol. The number of fused-ring (bicyclic) bond motifs is 1. The van der Waals surface area contributed by atoms with Gasteiger partial charge >= 0.3 is 5.97 Å². The van der Waals surface area contributed by atoms with Gasteiger partial charge in [-0.25, -0.2) is 0 Å². The summed E-state index contributed by atoms with van der Waals surface area (Å²) in [7, 11) is 0. The van der Waals surface area contributed by atoms with E-state index in [4.69, 9.17) is 17.3 Å². The van der Waals surface area contributed by atoms with Crippen LogP contribution in [0.25, 0.3) is 0 Å². The molecule has 27 heavy (non-hydrogen) atoms. The van der Waals surface area contributed by atoms with Crippen LogP contribution in [0.5, 0.6) is 0 Å². The van der Waals surface area contributed by atoms with E-state index in [0.29, 0.717) is 13.1 Å². The lowest BCUT2D eigenvalue weighted by molar-refractivity contribution is -0.146. The van der Waals surface area contributed by atoms with Crippen molar-refractivity contribution in [2.75, 3.05) is 24.5 Å². The molecule has 1 atom stereocenters. The number of carboxylic acids is 1. The number of thioether (sulfide) groups is 1. The third-order valence-corrected chi connectivity index (χ3v) is 6.55. The maximum atomic E-state index is 13.1. The van der Waals surface area contributed by atoms with Crippen molar-refractivity contribution in [1.29, 1.82) is 0 Å². The second-order valence-corrected chi connectivity index (χ2v) is 7.76. The first-order valence-corrected chi connectivity index (χ1v) is 10.1. The standard InChI is InChI=1S/C18H21N3O4S2/c1-3-19-15(24)14(16(25)20(4-2)18(19)26)17-21(10-9-13(22)23)11-7-5-6-8-12(11)27-17/h5-8,14,17H,3-4,9-10H2,1-2H3,(H,22,23)/t17-/m0/s1. The molecule has 1 saturated heterocycles. The van der Waals surface area contributed by atoms with Crippen molar-refractivity contribution in [3.8, 4) is 0 Å². The van der Waals surface area contributed by atoms with Crippen molar-refractivity contribution >= 4 is 52.6 Å². The van der Waals surface area contributed by atoms with E-state index in [1.54, 1.807) is 0 Å². The summed E-state index contributed by atoms with van der Waals surface area (Å²) in [6.07, 6.45) is -0.0755. The van der Waals surface area contributed by atoms with E-state index in [1.165, 1.54) is 21.6 Å². The van der Waals surface area contributed by atoms with Crippen molar-refractivity contribution in [2.24, 2.45) is 5.92 Å². The zero-order valence-corrected chi connectivity index (χ0v) is 16.8. The van der Waals surface area contributed by atoms with E-state index in [1.807, 2.05) is 43.0 Å². The zero-order chi connectivity index (χ0) is 19.7. The molecule has 2 amide bonds. The van der Waals surface area contributed by atoms with Gasteiger partial charge < -0.3 is 10.0 Å². The Morgan fingerprint density at radius 2 is 1.74 bits per heavy atom. The summed E-state index contributed by atoms with van der Waals surface area (Å²) >= 11 is 6.76. The number of benzene rings is 1. The molecule has 0 bridgehead atoms. The van der Waals surface area contributed by atoms with E-state index in [2.05, 4.69) is 0 Å². The molecule has 2 heterocycles. The van der Waals surface area contributed by atoms with Crippen molar-refractivity contribution in [3.05, 3.63) is 24.3 Å². The molecule has 1 N–H and O–H groups in total. The van der Waals surface area contributed by atoms with Gasteiger partial charge in [0.15, 0.2) is 5.11 Å². The van der Waals surface area contributed by atoms with Gasteiger partial charge in [-0.1, -0.05) is 23.9 Å². The number of para-hydroxylation sites is 1. The number of anilines is 1. The van der Waals surface area contributed by atoms with Crippen molar-refractivity contribution < 1.29 is 19.5 Å². The normalized spacial score (nSPS) is 20.4. The second-order valence-electron chi connectivity index (χ2n) is 6.24. The minimum atomic E-state index is -0.928. The summed E-state index contributed by atoms with van der Waals surface area (Å²) in [4.78, 5) is 43.0. The predicted octanol–water partition coefficient (Wildman–Crippen LogP) is 2.01. The van der Waals surface area contributed by atoms with E-state index < -0.39 is 17.3 Å². The van der Waals surface area contributed by atoms with Crippen LogP contribution in [0.15, 0.2) is 29.2 Å². The molecule has 2 aliphatic heterocycles. The Hall–Kier alpha value is -2.13. The quantitative estimate of drug-likeness (QED) is 0.571. The third-order valence-electron chi connectivity index (χ3n) is 4.74. The highest BCUT2D eigenvalue weighted by molar-refractivity contribution is 8.00. The molecule has 144 valence electrons. The number of amides is 2. The first kappa shape index (κ1) is 19.6. The molecule has 0 unspecified atom stereocenters. The Kier molecular flexibility index (Phi) is 5.71. The van der Waals surface area contributed by atoms with Crippen LogP contribution in [0, 0.1) is 5.92 Å². The van der Waals surface area contributed by atoms with Gasteiger partial charge in [0.05, 0.1) is 12.1 Å². The molecule has 0 saturated carbocycles. The van der Waals surface area contributed by atoms with Crippen LogP contribution in [-0.2, 0) is 14.4 Å². The van der Waals surface area contributed by atoms with Gasteiger partial charge in [-0.3, -0.25) is 24.2 Å². The summed E-state index contributed by atoms with van der Waals surface area (Å²) in [5.74, 6) is -2.48. The number of thiocarbonyl (C=S) groups is 1. The number of carboxylic acid groups (broad SMARTS) is 1. The highest BCUT2D eigenvalue weighted by atomic mass is 32.2.